The standard InChI is InChI=1S/C20H18O2.C20H14/c21-19(15-9-3-1-4-10-15)17-13-7-8-14-18(17)20(22)16-11-5-2-6-12-16;1-2-8-15(9-3-1)20-18-12-6-4-10-16(18)14-17-11-5-7-13-19(17)20/h1-14,19-22H;1-14H/i1D,2D,3D,4D,5D,6D,9D,10D,11D,12D;1D,2D,3D,4D,6D,8D,9D,10D,12D. The molecule has 0 radical (unpaired) electrons. The van der Waals surface area contributed by atoms with Gasteiger partial charge in [0.15, 0.2) is 0 Å². The van der Waals surface area contributed by atoms with Crippen molar-refractivity contribution in [3.8, 4) is 11.1 Å². The summed E-state index contributed by atoms with van der Waals surface area (Å²) in [7, 11) is 0. The van der Waals surface area contributed by atoms with Gasteiger partial charge in [0.2, 0.25) is 0 Å². The number of benzene rings is 7. The average Bonchev–Trinajstić information content (AvgIpc) is 3.26. The number of hydrogen-bond donors (Lipinski definition) is 2. The van der Waals surface area contributed by atoms with E-state index >= 15 is 0 Å². The van der Waals surface area contributed by atoms with Crippen LogP contribution < -0.4 is 0 Å². The molecule has 0 spiro atoms. The summed E-state index contributed by atoms with van der Waals surface area (Å²) in [5.41, 5.74) is -0.756. The predicted molar refractivity (Wildman–Crippen MR) is 174 cm³/mol. The lowest BCUT2D eigenvalue weighted by Gasteiger charge is -2.20. The highest BCUT2D eigenvalue weighted by Crippen LogP contribution is 2.36. The second-order valence-electron chi connectivity index (χ2n) is 8.91. The zero-order valence-electron chi connectivity index (χ0n) is 40.7. The SMILES string of the molecule is [2H]c1c([2H])c([2H])c(-c2c3ccccc3cc3c([2H])c([2H])c([2H])c([2H])c23)c([2H])c1[2H].[2H]c1c([2H])c([2H])c(C(O)c2ccccc2C(O)c2c([2H])c([2H])c([2H])c([2H])c2[2H])c([2H])c1[2H]. The number of hydrogen-bond acceptors (Lipinski definition) is 2. The highest BCUT2D eigenvalue weighted by Gasteiger charge is 2.19. The van der Waals surface area contributed by atoms with E-state index in [0.29, 0.717) is 10.8 Å². The molecular formula is C40H32O2. The molecule has 0 aromatic heterocycles. The van der Waals surface area contributed by atoms with E-state index in [0.717, 1.165) is 0 Å². The lowest BCUT2D eigenvalue weighted by atomic mass is 9.91. The normalized spacial score (nSPS) is 18.7. The van der Waals surface area contributed by atoms with Crippen LogP contribution in [-0.2, 0) is 0 Å². The van der Waals surface area contributed by atoms with Crippen LogP contribution in [0.4, 0.5) is 0 Å². The maximum atomic E-state index is 11.0. The second-order valence-corrected chi connectivity index (χ2v) is 8.91. The zero-order valence-corrected chi connectivity index (χ0v) is 21.7. The molecule has 0 aliphatic rings. The van der Waals surface area contributed by atoms with Gasteiger partial charge in [-0.3, -0.25) is 0 Å². The van der Waals surface area contributed by atoms with Gasteiger partial charge in [0, 0.05) is 0 Å². The maximum Gasteiger partial charge on any atom is 0.104 e. The van der Waals surface area contributed by atoms with Crippen LogP contribution in [0.25, 0.3) is 32.7 Å². The lowest BCUT2D eigenvalue weighted by Crippen LogP contribution is -2.08. The topological polar surface area (TPSA) is 40.5 Å². The van der Waals surface area contributed by atoms with E-state index in [9.17, 15) is 10.2 Å². The van der Waals surface area contributed by atoms with Crippen LogP contribution in [0.1, 0.15) is 60.5 Å². The molecule has 2 nitrogen and oxygen atoms in total. The molecule has 0 bridgehead atoms. The molecule has 2 unspecified atom stereocenters. The molecule has 0 heterocycles. The Morgan fingerprint density at radius 2 is 0.929 bits per heavy atom. The van der Waals surface area contributed by atoms with Crippen molar-refractivity contribution >= 4 is 21.5 Å². The first-order valence-electron chi connectivity index (χ1n) is 22.2. The molecule has 0 fully saturated rings. The lowest BCUT2D eigenvalue weighted by molar-refractivity contribution is 0.197. The fraction of sp³-hybridized carbons (Fsp3) is 0.0500. The molecule has 0 saturated carbocycles. The summed E-state index contributed by atoms with van der Waals surface area (Å²) >= 11 is 0. The Balaban J connectivity index is 0.000000205. The van der Waals surface area contributed by atoms with Gasteiger partial charge >= 0.3 is 0 Å². The van der Waals surface area contributed by atoms with Crippen molar-refractivity contribution in [2.45, 2.75) is 12.2 Å². The van der Waals surface area contributed by atoms with E-state index < -0.39 is 120 Å². The summed E-state index contributed by atoms with van der Waals surface area (Å²) in [6, 6.07) is 4.36. The van der Waals surface area contributed by atoms with Crippen molar-refractivity contribution in [2.24, 2.45) is 0 Å². The van der Waals surface area contributed by atoms with Crippen molar-refractivity contribution in [3.63, 3.8) is 0 Å². The van der Waals surface area contributed by atoms with Gasteiger partial charge in [-0.25, -0.2) is 0 Å². The first-order valence-corrected chi connectivity index (χ1v) is 12.7. The van der Waals surface area contributed by atoms with Gasteiger partial charge in [0.25, 0.3) is 0 Å². The Morgan fingerprint density at radius 1 is 0.452 bits per heavy atom. The summed E-state index contributed by atoms with van der Waals surface area (Å²) in [5.74, 6) is 0. The number of aliphatic hydroxyl groups excluding tert-OH is 2. The molecule has 2 N–H and O–H groups in total. The van der Waals surface area contributed by atoms with Gasteiger partial charge in [-0.15, -0.1) is 0 Å². The van der Waals surface area contributed by atoms with E-state index in [4.69, 9.17) is 26.0 Å². The van der Waals surface area contributed by atoms with E-state index in [1.807, 2.05) is 0 Å². The largest absolute Gasteiger partial charge is 0.384 e. The van der Waals surface area contributed by atoms with Crippen molar-refractivity contribution < 1.29 is 36.3 Å². The van der Waals surface area contributed by atoms with Crippen molar-refractivity contribution in [2.75, 3.05) is 0 Å². The Bertz CT molecular complexity index is 2790. The van der Waals surface area contributed by atoms with Gasteiger partial charge in [-0.2, -0.15) is 0 Å². The van der Waals surface area contributed by atoms with Crippen LogP contribution >= 0.6 is 0 Å². The third kappa shape index (κ3) is 5.73. The van der Waals surface area contributed by atoms with Gasteiger partial charge in [-0.1, -0.05) is 163 Å². The van der Waals surface area contributed by atoms with Crippen LogP contribution in [0.15, 0.2) is 169 Å². The molecule has 7 rings (SSSR count). The summed E-state index contributed by atoms with van der Waals surface area (Å²) in [6.07, 6.45) is -3.50. The minimum absolute atomic E-state index is 0.0367. The molecule has 7 aromatic carbocycles. The third-order valence-electron chi connectivity index (χ3n) is 6.42. The predicted octanol–water partition coefficient (Wildman–Crippen LogP) is 9.51. The van der Waals surface area contributed by atoms with Crippen LogP contribution in [0.5, 0.6) is 0 Å². The van der Waals surface area contributed by atoms with Crippen LogP contribution in [0.3, 0.4) is 0 Å². The molecule has 0 saturated heterocycles. The molecule has 0 aliphatic carbocycles. The third-order valence-corrected chi connectivity index (χ3v) is 6.42. The Morgan fingerprint density at radius 3 is 1.52 bits per heavy atom. The van der Waals surface area contributed by atoms with E-state index in [1.54, 1.807) is 30.3 Å². The van der Waals surface area contributed by atoms with E-state index in [1.165, 1.54) is 24.3 Å². The van der Waals surface area contributed by atoms with Crippen LogP contribution in [-0.4, -0.2) is 10.2 Å². The number of fused-ring (bicyclic) bond motifs is 2. The molecule has 7 aromatic rings. The minimum Gasteiger partial charge on any atom is -0.384 e. The second kappa shape index (κ2) is 12.7. The molecule has 204 valence electrons. The summed E-state index contributed by atoms with van der Waals surface area (Å²) in [6.45, 7) is 0. The van der Waals surface area contributed by atoms with Gasteiger partial charge in [0.1, 0.15) is 12.2 Å². The van der Waals surface area contributed by atoms with Crippen LogP contribution in [0, 0.1) is 0 Å². The fourth-order valence-corrected chi connectivity index (χ4v) is 4.52. The molecule has 0 aliphatic heterocycles. The first kappa shape index (κ1) is 12.9. The minimum atomic E-state index is -1.75. The van der Waals surface area contributed by atoms with Crippen molar-refractivity contribution in [1.29, 1.82) is 0 Å². The highest BCUT2D eigenvalue weighted by atomic mass is 16.3. The van der Waals surface area contributed by atoms with Crippen molar-refractivity contribution in [1.82, 2.24) is 0 Å². The average molecular weight is 564 g/mol. The smallest absolute Gasteiger partial charge is 0.104 e. The summed E-state index contributed by atoms with van der Waals surface area (Å²) in [5, 5.41) is 23.5. The highest BCUT2D eigenvalue weighted by molar-refractivity contribution is 6.12. The first-order chi connectivity index (χ1) is 28.6. The zero-order chi connectivity index (χ0) is 45.3. The van der Waals surface area contributed by atoms with Crippen LogP contribution in [0.2, 0.25) is 0 Å². The number of aliphatic hydroxyl groups is 2. The molecule has 2 atom stereocenters. The Labute approximate surface area is 273 Å². The van der Waals surface area contributed by atoms with E-state index in [2.05, 4.69) is 0 Å². The van der Waals surface area contributed by atoms with Gasteiger partial charge in [-0.05, 0) is 61.0 Å². The Kier molecular flexibility index (Phi) is 3.88. The molecular weight excluding hydrogens is 512 g/mol. The van der Waals surface area contributed by atoms with Gasteiger partial charge in [0.05, 0.1) is 26.0 Å². The summed E-state index contributed by atoms with van der Waals surface area (Å²) in [4.78, 5) is 0. The molecule has 2 heteroatoms. The monoisotopic (exact) mass is 563 g/mol. The Hall–Kier alpha value is -5.02. The fourth-order valence-electron chi connectivity index (χ4n) is 4.52. The quantitative estimate of drug-likeness (QED) is 0.205. The number of rotatable bonds is 5. The molecule has 42 heavy (non-hydrogen) atoms. The van der Waals surface area contributed by atoms with Crippen molar-refractivity contribution in [3.05, 3.63) is 192 Å². The maximum absolute atomic E-state index is 11.0. The van der Waals surface area contributed by atoms with E-state index in [-0.39, 0.29) is 51.2 Å². The van der Waals surface area contributed by atoms with Gasteiger partial charge < -0.3 is 10.2 Å². The molecule has 0 amide bonds. The summed E-state index contributed by atoms with van der Waals surface area (Å²) < 4.78 is 152.